The molecule has 0 fully saturated rings. The van der Waals surface area contributed by atoms with Crippen LogP contribution in [0.1, 0.15) is 10.4 Å². The molecule has 0 unspecified atom stereocenters. The zero-order chi connectivity index (χ0) is 10.3. The molecule has 15 heavy (non-hydrogen) atoms. The van der Waals surface area contributed by atoms with Gasteiger partial charge in [-0.2, -0.15) is 21.1 Å². The Hall–Kier alpha value is -0.590. The van der Waals surface area contributed by atoms with Gasteiger partial charge < -0.3 is 5.73 Å². The molecular formula is C9H9N3S3. The van der Waals surface area contributed by atoms with Gasteiger partial charge in [0.25, 0.3) is 0 Å². The molecule has 0 spiro atoms. The molecule has 0 bridgehead atoms. The molecule has 6 heteroatoms. The van der Waals surface area contributed by atoms with Crippen molar-refractivity contribution in [1.29, 1.82) is 0 Å². The van der Waals surface area contributed by atoms with E-state index in [1.165, 1.54) is 39.0 Å². The molecule has 3 rings (SSSR count). The molecule has 2 aromatic rings. The van der Waals surface area contributed by atoms with Crippen molar-refractivity contribution in [3.63, 3.8) is 0 Å². The minimum atomic E-state index is 0.385. The van der Waals surface area contributed by atoms with Crippen LogP contribution >= 0.6 is 34.6 Å². The molecule has 78 valence electrons. The van der Waals surface area contributed by atoms with Crippen molar-refractivity contribution in [2.45, 2.75) is 12.2 Å². The van der Waals surface area contributed by atoms with E-state index in [4.69, 9.17) is 5.73 Å². The Morgan fingerprint density at radius 2 is 2.33 bits per heavy atom. The molecule has 0 radical (unpaired) electrons. The van der Waals surface area contributed by atoms with E-state index in [2.05, 4.69) is 15.4 Å². The van der Waals surface area contributed by atoms with E-state index in [1.54, 1.807) is 0 Å². The van der Waals surface area contributed by atoms with Crippen LogP contribution in [0.15, 0.2) is 6.07 Å². The van der Waals surface area contributed by atoms with Crippen molar-refractivity contribution >= 4 is 40.6 Å². The van der Waals surface area contributed by atoms with Gasteiger partial charge in [-0.1, -0.05) is 0 Å². The number of nitrogens with two attached hydrogens (primary N) is 1. The quantitative estimate of drug-likeness (QED) is 0.851. The van der Waals surface area contributed by atoms with Crippen molar-refractivity contribution in [1.82, 2.24) is 9.36 Å². The van der Waals surface area contributed by atoms with Gasteiger partial charge in [0.05, 0.1) is 4.88 Å². The fourth-order valence-electron chi connectivity index (χ4n) is 1.59. The predicted octanol–water partition coefficient (Wildman–Crippen LogP) is 2.64. The van der Waals surface area contributed by atoms with Crippen molar-refractivity contribution in [2.75, 3.05) is 11.5 Å². The summed E-state index contributed by atoms with van der Waals surface area (Å²) in [5.74, 6) is 2.77. The average Bonchev–Trinajstić information content (AvgIpc) is 2.82. The number of aromatic nitrogens is 2. The van der Waals surface area contributed by atoms with Crippen molar-refractivity contribution < 1.29 is 0 Å². The highest BCUT2D eigenvalue weighted by molar-refractivity contribution is 7.98. The van der Waals surface area contributed by atoms with Gasteiger partial charge in [0, 0.05) is 10.6 Å². The summed E-state index contributed by atoms with van der Waals surface area (Å²) in [5.41, 5.74) is 7.00. The zero-order valence-electron chi connectivity index (χ0n) is 7.90. The SMILES string of the molecule is Nc1nsc(-c2cc3c(s2)CCSC3)n1. The maximum atomic E-state index is 5.53. The zero-order valence-corrected chi connectivity index (χ0v) is 10.3. The van der Waals surface area contributed by atoms with Gasteiger partial charge in [0.2, 0.25) is 5.95 Å². The van der Waals surface area contributed by atoms with E-state index in [-0.39, 0.29) is 0 Å². The lowest BCUT2D eigenvalue weighted by atomic mass is 10.2. The van der Waals surface area contributed by atoms with Crippen LogP contribution in [0, 0.1) is 0 Å². The summed E-state index contributed by atoms with van der Waals surface area (Å²) in [4.78, 5) is 6.94. The van der Waals surface area contributed by atoms with Gasteiger partial charge in [-0.3, -0.25) is 0 Å². The van der Waals surface area contributed by atoms with E-state index in [9.17, 15) is 0 Å². The van der Waals surface area contributed by atoms with Crippen molar-refractivity contribution in [2.24, 2.45) is 0 Å². The third-order valence-corrected chi connectivity index (χ3v) is 5.42. The van der Waals surface area contributed by atoms with Crippen molar-refractivity contribution in [3.05, 3.63) is 16.5 Å². The largest absolute Gasteiger partial charge is 0.367 e. The molecule has 1 aliphatic heterocycles. The molecule has 0 atom stereocenters. The summed E-state index contributed by atoms with van der Waals surface area (Å²) in [6.45, 7) is 0. The number of aryl methyl sites for hydroxylation is 1. The number of fused-ring (bicyclic) bond motifs is 1. The maximum absolute atomic E-state index is 5.53. The molecule has 0 saturated carbocycles. The van der Waals surface area contributed by atoms with Gasteiger partial charge in [-0.25, -0.2) is 0 Å². The smallest absolute Gasteiger partial charge is 0.232 e. The molecule has 2 aromatic heterocycles. The molecule has 0 aliphatic carbocycles. The third-order valence-electron chi connectivity index (χ3n) is 2.28. The lowest BCUT2D eigenvalue weighted by molar-refractivity contribution is 1.13. The fraction of sp³-hybridized carbons (Fsp3) is 0.333. The van der Waals surface area contributed by atoms with Crippen LogP contribution in [0.2, 0.25) is 0 Å². The molecule has 2 N–H and O–H groups in total. The number of hydrogen-bond acceptors (Lipinski definition) is 6. The topological polar surface area (TPSA) is 51.8 Å². The lowest BCUT2D eigenvalue weighted by Crippen LogP contribution is -1.96. The molecular weight excluding hydrogens is 246 g/mol. The molecule has 1 aliphatic rings. The third kappa shape index (κ3) is 1.77. The summed E-state index contributed by atoms with van der Waals surface area (Å²) in [7, 11) is 0. The highest BCUT2D eigenvalue weighted by Gasteiger charge is 2.16. The van der Waals surface area contributed by atoms with Crippen LogP contribution in [-0.2, 0) is 12.2 Å². The Morgan fingerprint density at radius 1 is 1.40 bits per heavy atom. The number of nitrogens with zero attached hydrogens (tertiary/aromatic N) is 2. The van der Waals surface area contributed by atoms with E-state index in [0.717, 1.165) is 10.8 Å². The minimum absolute atomic E-state index is 0.385. The standard InChI is InChI=1S/C9H9N3S3/c10-9-11-8(15-12-9)7-3-5-4-13-2-1-6(5)14-7/h3H,1-2,4H2,(H2,10,12). The first-order valence-corrected chi connectivity index (χ1v) is 7.36. The monoisotopic (exact) mass is 255 g/mol. The summed E-state index contributed by atoms with van der Waals surface area (Å²) in [6.07, 6.45) is 1.19. The van der Waals surface area contributed by atoms with Crippen LogP contribution in [0.25, 0.3) is 9.88 Å². The second-order valence-electron chi connectivity index (χ2n) is 3.32. The summed E-state index contributed by atoms with van der Waals surface area (Å²) < 4.78 is 4.01. The number of nitrogen functional groups attached to an aromatic ring is 1. The summed E-state index contributed by atoms with van der Waals surface area (Å²) in [5, 5.41) is 0.955. The first kappa shape index (κ1) is 9.62. The van der Waals surface area contributed by atoms with Crippen LogP contribution in [-0.4, -0.2) is 15.1 Å². The molecule has 0 saturated heterocycles. The minimum Gasteiger partial charge on any atom is -0.367 e. The second-order valence-corrected chi connectivity index (χ2v) is 6.31. The second kappa shape index (κ2) is 3.77. The first-order chi connectivity index (χ1) is 7.33. The Balaban J connectivity index is 2.02. The number of hydrogen-bond donors (Lipinski definition) is 1. The fourth-order valence-corrected chi connectivity index (χ4v) is 4.59. The van der Waals surface area contributed by atoms with E-state index < -0.39 is 0 Å². The summed E-state index contributed by atoms with van der Waals surface area (Å²) >= 11 is 5.23. The van der Waals surface area contributed by atoms with Gasteiger partial charge in [-0.05, 0) is 35.3 Å². The average molecular weight is 255 g/mol. The first-order valence-electron chi connectivity index (χ1n) is 4.62. The Labute approximate surface area is 99.9 Å². The van der Waals surface area contributed by atoms with Gasteiger partial charge in [-0.15, -0.1) is 11.3 Å². The predicted molar refractivity (Wildman–Crippen MR) is 67.5 cm³/mol. The van der Waals surface area contributed by atoms with Crippen molar-refractivity contribution in [3.8, 4) is 9.88 Å². The molecule has 3 nitrogen and oxygen atoms in total. The van der Waals surface area contributed by atoms with E-state index in [0.29, 0.717) is 5.95 Å². The van der Waals surface area contributed by atoms with Crippen LogP contribution in [0.4, 0.5) is 5.95 Å². The van der Waals surface area contributed by atoms with Gasteiger partial charge >= 0.3 is 0 Å². The van der Waals surface area contributed by atoms with Crippen LogP contribution in [0.5, 0.6) is 0 Å². The lowest BCUT2D eigenvalue weighted by Gasteiger charge is -2.08. The number of rotatable bonds is 1. The van der Waals surface area contributed by atoms with Crippen LogP contribution < -0.4 is 5.73 Å². The number of anilines is 1. The van der Waals surface area contributed by atoms with Gasteiger partial charge in [0.1, 0.15) is 0 Å². The molecule has 0 aromatic carbocycles. The molecule has 0 amide bonds. The van der Waals surface area contributed by atoms with Crippen LogP contribution in [0.3, 0.4) is 0 Å². The summed E-state index contributed by atoms with van der Waals surface area (Å²) in [6, 6.07) is 2.24. The van der Waals surface area contributed by atoms with Gasteiger partial charge in [0.15, 0.2) is 5.01 Å². The van der Waals surface area contributed by atoms with E-state index in [1.807, 2.05) is 23.1 Å². The normalized spacial score (nSPS) is 15.2. The maximum Gasteiger partial charge on any atom is 0.232 e. The number of thioether (sulfide) groups is 1. The highest BCUT2D eigenvalue weighted by Crippen LogP contribution is 2.37. The Morgan fingerprint density at radius 3 is 3.07 bits per heavy atom. The number of thiophene rings is 1. The highest BCUT2D eigenvalue weighted by atomic mass is 32.2. The Kier molecular flexibility index (Phi) is 2.42. The molecule has 3 heterocycles. The van der Waals surface area contributed by atoms with E-state index >= 15 is 0 Å². The Bertz CT molecular complexity index is 465.